The number of hydrogen-bond donors (Lipinski definition) is 2. The van der Waals surface area contributed by atoms with Gasteiger partial charge in [-0.3, -0.25) is 0 Å². The number of aromatic amines is 1. The Kier molecular flexibility index (Phi) is 4.10. The third kappa shape index (κ3) is 2.83. The van der Waals surface area contributed by atoms with Gasteiger partial charge in [0.2, 0.25) is 0 Å². The summed E-state index contributed by atoms with van der Waals surface area (Å²) in [5.41, 5.74) is 1.94. The van der Waals surface area contributed by atoms with E-state index in [2.05, 4.69) is 15.1 Å². The Balaban J connectivity index is 1.73. The third-order valence-electron chi connectivity index (χ3n) is 4.19. The predicted molar refractivity (Wildman–Crippen MR) is 88.3 cm³/mol. The topological polar surface area (TPSA) is 88.8 Å². The second-order valence-electron chi connectivity index (χ2n) is 5.82. The van der Waals surface area contributed by atoms with Crippen LogP contribution < -0.4 is 0 Å². The molecule has 3 aromatic rings. The van der Waals surface area contributed by atoms with Gasteiger partial charge in [-0.15, -0.1) is 0 Å². The van der Waals surface area contributed by atoms with Crippen LogP contribution >= 0.6 is 0 Å². The average Bonchev–Trinajstić information content (AvgIpc) is 3.36. The normalized spacial score (nSPS) is 17.5. The van der Waals surface area contributed by atoms with Crippen molar-refractivity contribution in [1.29, 1.82) is 0 Å². The Hall–Kier alpha value is -2.51. The van der Waals surface area contributed by atoms with Crippen LogP contribution in [0.5, 0.6) is 0 Å². The van der Waals surface area contributed by atoms with Gasteiger partial charge >= 0.3 is 0 Å². The van der Waals surface area contributed by atoms with Crippen LogP contribution in [0.2, 0.25) is 0 Å². The molecule has 0 bridgehead atoms. The number of nitrogens with one attached hydrogen (secondary N) is 1. The highest BCUT2D eigenvalue weighted by molar-refractivity contribution is 5.66. The van der Waals surface area contributed by atoms with E-state index in [1.165, 1.54) is 0 Å². The molecular weight excluding hydrogens is 306 g/mol. The second kappa shape index (κ2) is 6.54. The fourth-order valence-corrected chi connectivity index (χ4v) is 2.96. The van der Waals surface area contributed by atoms with Crippen molar-refractivity contribution in [2.45, 2.75) is 18.9 Å². The zero-order valence-corrected chi connectivity index (χ0v) is 13.2. The lowest BCUT2D eigenvalue weighted by Gasteiger charge is -2.05. The Morgan fingerprint density at radius 2 is 2.25 bits per heavy atom. The Morgan fingerprint density at radius 3 is 3.00 bits per heavy atom. The number of imidazole rings is 1. The van der Waals surface area contributed by atoms with Crippen LogP contribution in [0.15, 0.2) is 36.7 Å². The van der Waals surface area contributed by atoms with E-state index < -0.39 is 0 Å². The zero-order chi connectivity index (χ0) is 16.4. The Labute approximate surface area is 139 Å². The van der Waals surface area contributed by atoms with E-state index in [0.29, 0.717) is 13.2 Å². The summed E-state index contributed by atoms with van der Waals surface area (Å²) in [5, 5.41) is 13.9. The van der Waals surface area contributed by atoms with Gasteiger partial charge in [0.25, 0.3) is 0 Å². The molecule has 1 aliphatic heterocycles. The lowest BCUT2D eigenvalue weighted by molar-refractivity contribution is 0.193. The van der Waals surface area contributed by atoms with E-state index >= 15 is 0 Å². The SMILES string of the molecule is OCCn1nc(C2CCOC2)nc1-c1cccc(-c2ncc[nH]2)c1. The van der Waals surface area contributed by atoms with Crippen LogP contribution in [0.4, 0.5) is 0 Å². The summed E-state index contributed by atoms with van der Waals surface area (Å²) in [6.45, 7) is 1.85. The predicted octanol–water partition coefficient (Wildman–Crippen LogP) is 1.83. The molecule has 124 valence electrons. The van der Waals surface area contributed by atoms with Crippen molar-refractivity contribution < 1.29 is 9.84 Å². The minimum atomic E-state index is 0.0227. The molecule has 2 aromatic heterocycles. The minimum absolute atomic E-state index is 0.0227. The second-order valence-corrected chi connectivity index (χ2v) is 5.82. The van der Waals surface area contributed by atoms with Crippen LogP contribution in [0.25, 0.3) is 22.8 Å². The van der Waals surface area contributed by atoms with E-state index in [1.807, 2.05) is 24.3 Å². The highest BCUT2D eigenvalue weighted by Crippen LogP contribution is 2.27. The molecule has 7 heteroatoms. The van der Waals surface area contributed by atoms with Crippen molar-refractivity contribution in [3.05, 3.63) is 42.5 Å². The highest BCUT2D eigenvalue weighted by Gasteiger charge is 2.24. The molecule has 2 N–H and O–H groups in total. The van der Waals surface area contributed by atoms with E-state index in [4.69, 9.17) is 9.72 Å². The first-order valence-corrected chi connectivity index (χ1v) is 8.08. The molecule has 24 heavy (non-hydrogen) atoms. The molecule has 0 amide bonds. The van der Waals surface area contributed by atoms with Crippen LogP contribution in [-0.4, -0.2) is 49.7 Å². The summed E-state index contributed by atoms with van der Waals surface area (Å²) in [5.74, 6) is 2.60. The lowest BCUT2D eigenvalue weighted by atomic mass is 10.1. The number of H-pyrrole nitrogens is 1. The molecule has 1 aliphatic rings. The fraction of sp³-hybridized carbons (Fsp3) is 0.353. The molecule has 0 aliphatic carbocycles. The summed E-state index contributed by atoms with van der Waals surface area (Å²) in [6.07, 6.45) is 4.47. The van der Waals surface area contributed by atoms with Gasteiger partial charge in [0.1, 0.15) is 5.82 Å². The van der Waals surface area contributed by atoms with Crippen LogP contribution in [0.3, 0.4) is 0 Å². The molecule has 4 rings (SSSR count). The molecule has 1 aromatic carbocycles. The minimum Gasteiger partial charge on any atom is -0.394 e. The average molecular weight is 325 g/mol. The van der Waals surface area contributed by atoms with Gasteiger partial charge in [0.15, 0.2) is 11.6 Å². The maximum atomic E-state index is 9.34. The molecule has 1 fully saturated rings. The maximum absolute atomic E-state index is 9.34. The Morgan fingerprint density at radius 1 is 1.33 bits per heavy atom. The van der Waals surface area contributed by atoms with Crippen molar-refractivity contribution in [2.75, 3.05) is 19.8 Å². The third-order valence-corrected chi connectivity index (χ3v) is 4.19. The summed E-state index contributed by atoms with van der Waals surface area (Å²) < 4.78 is 7.22. The zero-order valence-electron chi connectivity index (χ0n) is 13.2. The molecule has 1 atom stereocenters. The summed E-state index contributed by atoms with van der Waals surface area (Å²) in [6, 6.07) is 8.01. The number of ether oxygens (including phenoxy) is 1. The van der Waals surface area contributed by atoms with Gasteiger partial charge in [0.05, 0.1) is 19.8 Å². The lowest BCUT2D eigenvalue weighted by Crippen LogP contribution is -2.07. The summed E-state index contributed by atoms with van der Waals surface area (Å²) >= 11 is 0. The number of hydrogen-bond acceptors (Lipinski definition) is 5. The Bertz CT molecular complexity index is 806. The van der Waals surface area contributed by atoms with Crippen molar-refractivity contribution in [3.63, 3.8) is 0 Å². The molecule has 7 nitrogen and oxygen atoms in total. The molecular formula is C17H19N5O2. The first-order valence-electron chi connectivity index (χ1n) is 8.08. The van der Waals surface area contributed by atoms with Crippen LogP contribution in [-0.2, 0) is 11.3 Å². The van der Waals surface area contributed by atoms with E-state index in [1.54, 1.807) is 17.1 Å². The maximum Gasteiger partial charge on any atom is 0.158 e. The molecule has 3 heterocycles. The number of nitrogens with zero attached hydrogens (tertiary/aromatic N) is 4. The van der Waals surface area contributed by atoms with Gasteiger partial charge in [0, 0.05) is 36.0 Å². The summed E-state index contributed by atoms with van der Waals surface area (Å²) in [4.78, 5) is 12.1. The molecule has 0 saturated carbocycles. The van der Waals surface area contributed by atoms with E-state index in [9.17, 15) is 5.11 Å². The molecule has 0 radical (unpaired) electrons. The monoisotopic (exact) mass is 325 g/mol. The molecule has 1 saturated heterocycles. The largest absolute Gasteiger partial charge is 0.394 e. The quantitative estimate of drug-likeness (QED) is 0.747. The number of rotatable bonds is 5. The van der Waals surface area contributed by atoms with Gasteiger partial charge in [-0.05, 0) is 12.5 Å². The van der Waals surface area contributed by atoms with Gasteiger partial charge in [-0.25, -0.2) is 14.6 Å². The van der Waals surface area contributed by atoms with Crippen molar-refractivity contribution in [3.8, 4) is 22.8 Å². The number of aliphatic hydroxyl groups excluding tert-OH is 1. The first-order chi connectivity index (χ1) is 11.8. The standard InChI is InChI=1S/C17H19N5O2/c23-8-7-22-17(20-16(21-22)14-4-9-24-11-14)13-3-1-2-12(10-13)15-18-5-6-19-15/h1-3,5-6,10,14,23H,4,7-9,11H2,(H,18,19). The number of aliphatic hydroxyl groups is 1. The van der Waals surface area contributed by atoms with E-state index in [-0.39, 0.29) is 12.5 Å². The number of benzene rings is 1. The van der Waals surface area contributed by atoms with Crippen molar-refractivity contribution in [1.82, 2.24) is 24.7 Å². The number of aromatic nitrogens is 5. The van der Waals surface area contributed by atoms with Crippen LogP contribution in [0.1, 0.15) is 18.2 Å². The molecule has 0 spiro atoms. The van der Waals surface area contributed by atoms with Crippen LogP contribution in [0, 0.1) is 0 Å². The first kappa shape index (κ1) is 15.0. The van der Waals surface area contributed by atoms with Crippen molar-refractivity contribution >= 4 is 0 Å². The van der Waals surface area contributed by atoms with Gasteiger partial charge < -0.3 is 14.8 Å². The highest BCUT2D eigenvalue weighted by atomic mass is 16.5. The fourth-order valence-electron chi connectivity index (χ4n) is 2.96. The van der Waals surface area contributed by atoms with Crippen molar-refractivity contribution in [2.24, 2.45) is 0 Å². The molecule has 1 unspecified atom stereocenters. The van der Waals surface area contributed by atoms with E-state index in [0.717, 1.165) is 41.6 Å². The van der Waals surface area contributed by atoms with Gasteiger partial charge in [-0.1, -0.05) is 18.2 Å². The smallest absolute Gasteiger partial charge is 0.158 e. The summed E-state index contributed by atoms with van der Waals surface area (Å²) in [7, 11) is 0. The van der Waals surface area contributed by atoms with Gasteiger partial charge in [-0.2, -0.15) is 5.10 Å².